The Morgan fingerprint density at radius 1 is 0.966 bits per heavy atom. The number of hydrogen-bond acceptors (Lipinski definition) is 6. The van der Waals surface area contributed by atoms with Gasteiger partial charge in [-0.25, -0.2) is 22.5 Å². The predicted molar refractivity (Wildman–Crippen MR) is 111 cm³/mol. The summed E-state index contributed by atoms with van der Waals surface area (Å²) in [4.78, 5) is 8.31. The molecule has 0 radical (unpaired) electrons. The molecule has 0 unspecified atom stereocenters. The van der Waals surface area contributed by atoms with Crippen molar-refractivity contribution in [1.82, 2.24) is 14.7 Å². The molecule has 1 aromatic heterocycles. The van der Waals surface area contributed by atoms with E-state index in [1.165, 1.54) is 18.2 Å². The molecule has 0 spiro atoms. The van der Waals surface area contributed by atoms with Crippen LogP contribution in [0.1, 0.15) is 11.3 Å². The average Bonchev–Trinajstić information content (AvgIpc) is 2.67. The molecule has 0 saturated heterocycles. The van der Waals surface area contributed by atoms with Crippen LogP contribution >= 0.6 is 0 Å². The van der Waals surface area contributed by atoms with Crippen LogP contribution in [0.5, 0.6) is 0 Å². The zero-order valence-electron chi connectivity index (χ0n) is 16.1. The summed E-state index contributed by atoms with van der Waals surface area (Å²) in [7, 11) is -3.92. The van der Waals surface area contributed by atoms with E-state index in [9.17, 15) is 12.8 Å². The van der Waals surface area contributed by atoms with Gasteiger partial charge in [0.2, 0.25) is 16.0 Å². The summed E-state index contributed by atoms with van der Waals surface area (Å²) in [6, 6.07) is 15.0. The van der Waals surface area contributed by atoms with E-state index in [-0.39, 0.29) is 18.0 Å². The standard InChI is InChI=1S/C20H22FN5O2S/c1-14-7-9-16(10-8-14)25-19-13-15(2)24-20(26-19)22-11-12-23-29(27,28)18-6-4-3-5-17(18)21/h3-10,13,23H,11-12H2,1-2H3,(H2,22,24,25,26). The summed E-state index contributed by atoms with van der Waals surface area (Å²) in [5, 5.41) is 6.19. The molecule has 0 aliphatic rings. The molecule has 152 valence electrons. The number of sulfonamides is 1. The Hall–Kier alpha value is -3.04. The van der Waals surface area contributed by atoms with E-state index in [1.807, 2.05) is 44.2 Å². The van der Waals surface area contributed by atoms with Gasteiger partial charge in [-0.2, -0.15) is 4.98 Å². The van der Waals surface area contributed by atoms with Gasteiger partial charge >= 0.3 is 0 Å². The van der Waals surface area contributed by atoms with E-state index < -0.39 is 15.8 Å². The summed E-state index contributed by atoms with van der Waals surface area (Å²) < 4.78 is 40.4. The molecule has 3 aromatic rings. The van der Waals surface area contributed by atoms with Crippen molar-refractivity contribution in [3.8, 4) is 0 Å². The lowest BCUT2D eigenvalue weighted by Crippen LogP contribution is -2.29. The molecule has 0 aliphatic heterocycles. The normalized spacial score (nSPS) is 11.3. The number of aromatic nitrogens is 2. The molecule has 0 bridgehead atoms. The largest absolute Gasteiger partial charge is 0.353 e. The molecule has 1 heterocycles. The minimum Gasteiger partial charge on any atom is -0.353 e. The maximum Gasteiger partial charge on any atom is 0.243 e. The maximum absolute atomic E-state index is 13.7. The van der Waals surface area contributed by atoms with E-state index in [2.05, 4.69) is 25.3 Å². The number of hydrogen-bond donors (Lipinski definition) is 3. The molecule has 0 amide bonds. The van der Waals surface area contributed by atoms with Crippen molar-refractivity contribution in [3.63, 3.8) is 0 Å². The van der Waals surface area contributed by atoms with E-state index in [0.29, 0.717) is 11.8 Å². The number of anilines is 3. The Kier molecular flexibility index (Phi) is 6.40. The molecule has 0 atom stereocenters. The maximum atomic E-state index is 13.7. The van der Waals surface area contributed by atoms with Gasteiger partial charge in [0.1, 0.15) is 16.5 Å². The van der Waals surface area contributed by atoms with E-state index >= 15 is 0 Å². The summed E-state index contributed by atoms with van der Waals surface area (Å²) in [5.41, 5.74) is 2.82. The lowest BCUT2D eigenvalue weighted by molar-refractivity contribution is 0.558. The first-order valence-corrected chi connectivity index (χ1v) is 10.5. The Bertz CT molecular complexity index is 1090. The average molecular weight is 415 g/mol. The third-order valence-corrected chi connectivity index (χ3v) is 5.50. The summed E-state index contributed by atoms with van der Waals surface area (Å²) in [6.45, 7) is 4.14. The highest BCUT2D eigenvalue weighted by Gasteiger charge is 2.17. The molecule has 0 aliphatic carbocycles. The van der Waals surface area contributed by atoms with Gasteiger partial charge in [0, 0.05) is 30.5 Å². The van der Waals surface area contributed by atoms with Crippen LogP contribution in [-0.4, -0.2) is 31.5 Å². The first-order chi connectivity index (χ1) is 13.8. The van der Waals surface area contributed by atoms with Crippen molar-refractivity contribution in [3.05, 3.63) is 71.7 Å². The molecule has 29 heavy (non-hydrogen) atoms. The molecule has 7 nitrogen and oxygen atoms in total. The van der Waals surface area contributed by atoms with Gasteiger partial charge < -0.3 is 10.6 Å². The first kappa shape index (κ1) is 20.7. The van der Waals surface area contributed by atoms with Crippen LogP contribution in [0.25, 0.3) is 0 Å². The third-order valence-electron chi connectivity index (χ3n) is 4.00. The molecule has 3 rings (SSSR count). The smallest absolute Gasteiger partial charge is 0.243 e. The monoisotopic (exact) mass is 415 g/mol. The number of halogens is 1. The SMILES string of the molecule is Cc1ccc(Nc2cc(C)nc(NCCNS(=O)(=O)c3ccccc3F)n2)cc1. The summed E-state index contributed by atoms with van der Waals surface area (Å²) >= 11 is 0. The van der Waals surface area contributed by atoms with Crippen LogP contribution in [0.2, 0.25) is 0 Å². The second-order valence-electron chi connectivity index (χ2n) is 6.46. The van der Waals surface area contributed by atoms with Gasteiger partial charge in [0.05, 0.1) is 0 Å². The third kappa shape index (κ3) is 5.72. The lowest BCUT2D eigenvalue weighted by Gasteiger charge is -2.11. The summed E-state index contributed by atoms with van der Waals surface area (Å²) in [5.74, 6) is 0.197. The first-order valence-electron chi connectivity index (χ1n) is 9.01. The molecule has 3 N–H and O–H groups in total. The highest BCUT2D eigenvalue weighted by molar-refractivity contribution is 7.89. The van der Waals surface area contributed by atoms with Gasteiger partial charge in [-0.3, -0.25) is 0 Å². The van der Waals surface area contributed by atoms with Crippen LogP contribution in [0.4, 0.5) is 21.8 Å². The van der Waals surface area contributed by atoms with E-state index in [4.69, 9.17) is 0 Å². The second-order valence-corrected chi connectivity index (χ2v) is 8.20. The van der Waals surface area contributed by atoms with Crippen molar-refractivity contribution in [2.45, 2.75) is 18.7 Å². The lowest BCUT2D eigenvalue weighted by atomic mass is 10.2. The van der Waals surface area contributed by atoms with Crippen molar-refractivity contribution >= 4 is 27.5 Å². The van der Waals surface area contributed by atoms with Crippen LogP contribution in [0.3, 0.4) is 0 Å². The van der Waals surface area contributed by atoms with Crippen molar-refractivity contribution in [2.24, 2.45) is 0 Å². The highest BCUT2D eigenvalue weighted by atomic mass is 32.2. The summed E-state index contributed by atoms with van der Waals surface area (Å²) in [6.07, 6.45) is 0. The van der Waals surface area contributed by atoms with E-state index in [0.717, 1.165) is 23.0 Å². The van der Waals surface area contributed by atoms with Gasteiger partial charge in [-0.15, -0.1) is 0 Å². The van der Waals surface area contributed by atoms with Crippen molar-refractivity contribution in [2.75, 3.05) is 23.7 Å². The van der Waals surface area contributed by atoms with Crippen LogP contribution in [0, 0.1) is 19.7 Å². The second kappa shape index (κ2) is 8.97. The molecule has 2 aromatic carbocycles. The van der Waals surface area contributed by atoms with Gasteiger partial charge in [0.15, 0.2) is 0 Å². The van der Waals surface area contributed by atoms with Gasteiger partial charge in [-0.1, -0.05) is 29.8 Å². The minimum atomic E-state index is -3.92. The Labute approximate surface area is 169 Å². The minimum absolute atomic E-state index is 0.0503. The fourth-order valence-corrected chi connectivity index (χ4v) is 3.71. The van der Waals surface area contributed by atoms with Crippen LogP contribution in [-0.2, 0) is 10.0 Å². The predicted octanol–water partition coefficient (Wildman–Crippen LogP) is 3.37. The van der Waals surface area contributed by atoms with Crippen molar-refractivity contribution < 1.29 is 12.8 Å². The fraction of sp³-hybridized carbons (Fsp3) is 0.200. The van der Waals surface area contributed by atoms with Crippen molar-refractivity contribution in [1.29, 1.82) is 0 Å². The Morgan fingerprint density at radius 2 is 1.69 bits per heavy atom. The number of rotatable bonds is 8. The van der Waals surface area contributed by atoms with Gasteiger partial charge in [-0.05, 0) is 38.1 Å². The number of aryl methyl sites for hydroxylation is 2. The Morgan fingerprint density at radius 3 is 2.41 bits per heavy atom. The molecule has 9 heteroatoms. The number of benzene rings is 2. The zero-order chi connectivity index (χ0) is 20.9. The molecule has 0 fully saturated rings. The Balaban J connectivity index is 1.59. The molecule has 0 saturated carbocycles. The number of nitrogens with one attached hydrogen (secondary N) is 3. The number of nitrogens with zero attached hydrogens (tertiary/aromatic N) is 2. The van der Waals surface area contributed by atoms with E-state index in [1.54, 1.807) is 0 Å². The molecular weight excluding hydrogens is 393 g/mol. The highest BCUT2D eigenvalue weighted by Crippen LogP contribution is 2.17. The van der Waals surface area contributed by atoms with Gasteiger partial charge in [0.25, 0.3) is 0 Å². The zero-order valence-corrected chi connectivity index (χ0v) is 16.9. The van der Waals surface area contributed by atoms with Crippen LogP contribution < -0.4 is 15.4 Å². The fourth-order valence-electron chi connectivity index (χ4n) is 2.60. The van der Waals surface area contributed by atoms with Crippen LogP contribution in [0.15, 0.2) is 59.5 Å². The molecular formula is C20H22FN5O2S. The quantitative estimate of drug-likeness (QED) is 0.488. The topological polar surface area (TPSA) is 96.0 Å².